The van der Waals surface area contributed by atoms with Crippen LogP contribution in [-0.4, -0.2) is 22.2 Å². The Kier molecular flexibility index (Phi) is 5.45. The summed E-state index contributed by atoms with van der Waals surface area (Å²) in [4.78, 5) is 12.4. The van der Waals surface area contributed by atoms with E-state index in [1.807, 2.05) is 37.3 Å². The molecule has 0 bridgehead atoms. The standard InChI is InChI=1S/C21H18FN3O/c1-2-20-19(15-24-25(20)18-12-10-17(22)11-13-18)21(26)23-14-6-9-16-7-4-3-5-8-16/h3-5,7-8,10-13,15H,2,14H2,1H3,(H,23,26). The number of nitrogens with zero attached hydrogens (tertiary/aromatic N) is 2. The van der Waals surface area contributed by atoms with Crippen LogP contribution in [0, 0.1) is 17.7 Å². The molecule has 0 saturated carbocycles. The van der Waals surface area contributed by atoms with Gasteiger partial charge >= 0.3 is 0 Å². The molecule has 26 heavy (non-hydrogen) atoms. The van der Waals surface area contributed by atoms with E-state index in [-0.39, 0.29) is 18.3 Å². The highest BCUT2D eigenvalue weighted by molar-refractivity contribution is 5.95. The van der Waals surface area contributed by atoms with Gasteiger partial charge in [0.05, 0.1) is 29.7 Å². The van der Waals surface area contributed by atoms with E-state index in [9.17, 15) is 9.18 Å². The number of hydrogen-bond acceptors (Lipinski definition) is 2. The van der Waals surface area contributed by atoms with Gasteiger partial charge in [-0.05, 0) is 42.8 Å². The molecule has 0 fully saturated rings. The maximum absolute atomic E-state index is 13.1. The lowest BCUT2D eigenvalue weighted by Gasteiger charge is -2.07. The van der Waals surface area contributed by atoms with Gasteiger partial charge in [0.25, 0.3) is 5.91 Å². The minimum atomic E-state index is -0.311. The SMILES string of the molecule is CCc1c(C(=O)NCC#Cc2ccccc2)cnn1-c1ccc(F)cc1. The van der Waals surface area contributed by atoms with Crippen LogP contribution in [0.4, 0.5) is 4.39 Å². The summed E-state index contributed by atoms with van der Waals surface area (Å²) in [6.45, 7) is 2.20. The van der Waals surface area contributed by atoms with Crippen LogP contribution in [-0.2, 0) is 6.42 Å². The summed E-state index contributed by atoms with van der Waals surface area (Å²) < 4.78 is 14.8. The number of hydrogen-bond donors (Lipinski definition) is 1. The normalized spacial score (nSPS) is 10.1. The molecule has 5 heteroatoms. The summed E-state index contributed by atoms with van der Waals surface area (Å²) in [5.74, 6) is 5.39. The summed E-state index contributed by atoms with van der Waals surface area (Å²) in [7, 11) is 0. The Hall–Kier alpha value is -3.39. The second-order valence-electron chi connectivity index (χ2n) is 5.60. The molecule has 0 atom stereocenters. The highest BCUT2D eigenvalue weighted by Crippen LogP contribution is 2.16. The van der Waals surface area contributed by atoms with E-state index < -0.39 is 0 Å². The van der Waals surface area contributed by atoms with Gasteiger partial charge in [0.15, 0.2) is 0 Å². The molecule has 4 nitrogen and oxygen atoms in total. The Morgan fingerprint density at radius 2 is 1.88 bits per heavy atom. The van der Waals surface area contributed by atoms with Crippen LogP contribution < -0.4 is 5.32 Å². The Morgan fingerprint density at radius 3 is 2.58 bits per heavy atom. The number of carbonyl (C=O) groups is 1. The van der Waals surface area contributed by atoms with Crippen LogP contribution in [0.5, 0.6) is 0 Å². The van der Waals surface area contributed by atoms with Crippen LogP contribution >= 0.6 is 0 Å². The van der Waals surface area contributed by atoms with Gasteiger partial charge in [0.2, 0.25) is 0 Å². The summed E-state index contributed by atoms with van der Waals surface area (Å²) in [6.07, 6.45) is 2.15. The molecule has 0 aliphatic rings. The Balaban J connectivity index is 1.72. The second kappa shape index (κ2) is 8.13. The van der Waals surface area contributed by atoms with Crippen molar-refractivity contribution in [3.8, 4) is 17.5 Å². The molecule has 2 aromatic carbocycles. The van der Waals surface area contributed by atoms with Gasteiger partial charge in [-0.1, -0.05) is 37.0 Å². The predicted molar refractivity (Wildman–Crippen MR) is 98.6 cm³/mol. The minimum absolute atomic E-state index is 0.224. The average Bonchev–Trinajstić information content (AvgIpc) is 3.10. The third-order valence-electron chi connectivity index (χ3n) is 3.86. The van der Waals surface area contributed by atoms with E-state index in [1.54, 1.807) is 16.8 Å². The molecule has 1 N–H and O–H groups in total. The molecule has 1 aromatic heterocycles. The first-order valence-electron chi connectivity index (χ1n) is 8.34. The van der Waals surface area contributed by atoms with Gasteiger partial charge < -0.3 is 5.32 Å². The molecule has 0 aliphatic carbocycles. The Labute approximate surface area is 151 Å². The van der Waals surface area contributed by atoms with Gasteiger partial charge in [-0.2, -0.15) is 5.10 Å². The van der Waals surface area contributed by atoms with Crippen molar-refractivity contribution < 1.29 is 9.18 Å². The van der Waals surface area contributed by atoms with Gasteiger partial charge in [-0.15, -0.1) is 0 Å². The highest BCUT2D eigenvalue weighted by atomic mass is 19.1. The van der Waals surface area contributed by atoms with E-state index in [4.69, 9.17) is 0 Å². The average molecular weight is 347 g/mol. The highest BCUT2D eigenvalue weighted by Gasteiger charge is 2.16. The molecule has 0 aliphatic heterocycles. The number of aromatic nitrogens is 2. The van der Waals surface area contributed by atoms with Crippen molar-refractivity contribution in [3.63, 3.8) is 0 Å². The molecule has 1 heterocycles. The third-order valence-corrected chi connectivity index (χ3v) is 3.86. The first-order valence-corrected chi connectivity index (χ1v) is 8.34. The fraction of sp³-hybridized carbons (Fsp3) is 0.143. The monoisotopic (exact) mass is 347 g/mol. The lowest BCUT2D eigenvalue weighted by atomic mass is 10.2. The van der Waals surface area contributed by atoms with Crippen molar-refractivity contribution in [2.24, 2.45) is 0 Å². The number of nitrogens with one attached hydrogen (secondary N) is 1. The molecular formula is C21H18FN3O. The van der Waals surface area contributed by atoms with Crippen LogP contribution in [0.15, 0.2) is 60.8 Å². The van der Waals surface area contributed by atoms with E-state index in [2.05, 4.69) is 22.3 Å². The van der Waals surface area contributed by atoms with Crippen LogP contribution in [0.25, 0.3) is 5.69 Å². The van der Waals surface area contributed by atoms with Gasteiger partial charge in [-0.25, -0.2) is 9.07 Å². The first-order chi connectivity index (χ1) is 12.7. The molecule has 1 amide bonds. The molecule has 0 spiro atoms. The van der Waals surface area contributed by atoms with Crippen molar-refractivity contribution in [3.05, 3.63) is 83.4 Å². The Morgan fingerprint density at radius 1 is 1.15 bits per heavy atom. The van der Waals surface area contributed by atoms with Crippen molar-refractivity contribution in [2.75, 3.05) is 6.54 Å². The van der Waals surface area contributed by atoms with Gasteiger partial charge in [0.1, 0.15) is 5.82 Å². The fourth-order valence-corrected chi connectivity index (χ4v) is 2.60. The number of amides is 1. The maximum atomic E-state index is 13.1. The zero-order valence-corrected chi connectivity index (χ0v) is 14.4. The number of rotatable bonds is 4. The number of benzene rings is 2. The number of carbonyl (C=O) groups excluding carboxylic acids is 1. The van der Waals surface area contributed by atoms with E-state index in [1.165, 1.54) is 18.3 Å². The second-order valence-corrected chi connectivity index (χ2v) is 5.60. The van der Waals surface area contributed by atoms with Crippen molar-refractivity contribution in [2.45, 2.75) is 13.3 Å². The summed E-state index contributed by atoms with van der Waals surface area (Å²) in [5.41, 5.74) is 2.88. The molecule has 3 aromatic rings. The molecule has 0 saturated heterocycles. The van der Waals surface area contributed by atoms with Crippen molar-refractivity contribution in [1.82, 2.24) is 15.1 Å². The largest absolute Gasteiger partial charge is 0.341 e. The summed E-state index contributed by atoms with van der Waals surface area (Å²) >= 11 is 0. The molecule has 3 rings (SSSR count). The zero-order valence-electron chi connectivity index (χ0n) is 14.4. The first kappa shape index (κ1) is 17.4. The van der Waals surface area contributed by atoms with E-state index >= 15 is 0 Å². The van der Waals surface area contributed by atoms with Crippen molar-refractivity contribution >= 4 is 5.91 Å². The van der Waals surface area contributed by atoms with Crippen LogP contribution in [0.1, 0.15) is 28.5 Å². The Bertz CT molecular complexity index is 950. The molecule has 130 valence electrons. The minimum Gasteiger partial charge on any atom is -0.341 e. The zero-order chi connectivity index (χ0) is 18.4. The third kappa shape index (κ3) is 3.98. The summed E-state index contributed by atoms with van der Waals surface area (Å²) in [5, 5.41) is 7.07. The number of halogens is 1. The van der Waals surface area contributed by atoms with Crippen LogP contribution in [0.2, 0.25) is 0 Å². The lowest BCUT2D eigenvalue weighted by molar-refractivity contribution is 0.0957. The molecule has 0 unspecified atom stereocenters. The fourth-order valence-electron chi connectivity index (χ4n) is 2.60. The predicted octanol–water partition coefficient (Wildman–Crippen LogP) is 3.36. The summed E-state index contributed by atoms with van der Waals surface area (Å²) in [6, 6.07) is 15.6. The maximum Gasteiger partial charge on any atom is 0.255 e. The lowest BCUT2D eigenvalue weighted by Crippen LogP contribution is -2.24. The quantitative estimate of drug-likeness (QED) is 0.736. The molecule has 0 radical (unpaired) electrons. The smallest absolute Gasteiger partial charge is 0.255 e. The van der Waals surface area contributed by atoms with Crippen LogP contribution in [0.3, 0.4) is 0 Å². The van der Waals surface area contributed by atoms with Crippen molar-refractivity contribution in [1.29, 1.82) is 0 Å². The van der Waals surface area contributed by atoms with E-state index in [0.29, 0.717) is 17.7 Å². The topological polar surface area (TPSA) is 46.9 Å². The molecular weight excluding hydrogens is 329 g/mol. The van der Waals surface area contributed by atoms with Gasteiger partial charge in [0, 0.05) is 5.56 Å². The van der Waals surface area contributed by atoms with Gasteiger partial charge in [-0.3, -0.25) is 4.79 Å². The van der Waals surface area contributed by atoms with E-state index in [0.717, 1.165) is 11.3 Å².